The van der Waals surface area contributed by atoms with Crippen LogP contribution in [-0.2, 0) is 6.54 Å². The van der Waals surface area contributed by atoms with Crippen LogP contribution in [-0.4, -0.2) is 13.2 Å². The molecule has 80 valence electrons. The van der Waals surface area contributed by atoms with Crippen molar-refractivity contribution in [3.05, 3.63) is 23.8 Å². The molecule has 0 atom stereocenters. The summed E-state index contributed by atoms with van der Waals surface area (Å²) >= 11 is 0. The first-order valence-corrected chi connectivity index (χ1v) is 4.83. The number of rotatable bonds is 5. The third-order valence-corrected chi connectivity index (χ3v) is 1.85. The minimum atomic E-state index is 0.238. The Morgan fingerprint density at radius 3 is 2.73 bits per heavy atom. The average Bonchev–Trinajstić information content (AvgIpc) is 2.27. The third-order valence-electron chi connectivity index (χ3n) is 1.85. The van der Waals surface area contributed by atoms with Crippen LogP contribution in [0.15, 0.2) is 18.2 Å². The van der Waals surface area contributed by atoms with Gasteiger partial charge >= 0.3 is 0 Å². The molecule has 0 aliphatic heterocycles. The van der Waals surface area contributed by atoms with Crippen LogP contribution < -0.4 is 15.2 Å². The summed E-state index contributed by atoms with van der Waals surface area (Å²) in [4.78, 5) is 0. The van der Waals surface area contributed by atoms with Crippen molar-refractivity contribution in [3.63, 3.8) is 0 Å². The van der Waals surface area contributed by atoms with Gasteiger partial charge in [0.05, 0.1) is 6.61 Å². The van der Waals surface area contributed by atoms with Crippen LogP contribution in [0.1, 0.15) is 12.5 Å². The fourth-order valence-corrected chi connectivity index (χ4v) is 1.19. The highest BCUT2D eigenvalue weighted by Gasteiger charge is 2.05. The van der Waals surface area contributed by atoms with Gasteiger partial charge < -0.3 is 15.2 Å². The van der Waals surface area contributed by atoms with E-state index in [1.165, 1.54) is 0 Å². The van der Waals surface area contributed by atoms with E-state index in [4.69, 9.17) is 21.6 Å². The van der Waals surface area contributed by atoms with Crippen molar-refractivity contribution >= 4 is 0 Å². The quantitative estimate of drug-likeness (QED) is 0.742. The Labute approximate surface area is 90.2 Å². The zero-order valence-electron chi connectivity index (χ0n) is 8.82. The highest BCUT2D eigenvalue weighted by Crippen LogP contribution is 2.28. The maximum absolute atomic E-state index is 5.54. The number of hydrogen-bond donors (Lipinski definition) is 1. The molecule has 1 aromatic carbocycles. The molecule has 0 radical (unpaired) electrons. The first-order chi connectivity index (χ1) is 7.31. The van der Waals surface area contributed by atoms with E-state index in [0.29, 0.717) is 24.7 Å². The van der Waals surface area contributed by atoms with Crippen LogP contribution in [0.25, 0.3) is 0 Å². The fourth-order valence-electron chi connectivity index (χ4n) is 1.19. The van der Waals surface area contributed by atoms with E-state index >= 15 is 0 Å². The molecule has 1 aromatic rings. The molecule has 1 rings (SSSR count). The summed E-state index contributed by atoms with van der Waals surface area (Å²) in [5, 5.41) is 0. The van der Waals surface area contributed by atoms with Crippen molar-refractivity contribution in [1.82, 2.24) is 0 Å². The Morgan fingerprint density at radius 1 is 1.33 bits per heavy atom. The lowest BCUT2D eigenvalue weighted by atomic mass is 10.2. The van der Waals surface area contributed by atoms with Crippen molar-refractivity contribution in [1.29, 1.82) is 0 Å². The summed E-state index contributed by atoms with van der Waals surface area (Å²) in [6.07, 6.45) is 5.12. The van der Waals surface area contributed by atoms with E-state index in [-0.39, 0.29) is 6.61 Å². The molecule has 0 saturated carbocycles. The molecule has 2 N–H and O–H groups in total. The summed E-state index contributed by atoms with van der Waals surface area (Å²) in [6.45, 7) is 3.22. The predicted molar refractivity (Wildman–Crippen MR) is 59.8 cm³/mol. The molecule has 0 spiro atoms. The highest BCUT2D eigenvalue weighted by molar-refractivity contribution is 5.43. The lowest BCUT2D eigenvalue weighted by Crippen LogP contribution is -2.02. The molecule has 0 fully saturated rings. The Kier molecular flexibility index (Phi) is 4.52. The number of benzene rings is 1. The standard InChI is InChI=1S/C12H15NO2/c1-3-7-15-11-6-5-10(9-13)8-12(11)14-4-2/h1,5-6,8H,4,7,9,13H2,2H3. The molecule has 0 aliphatic rings. The lowest BCUT2D eigenvalue weighted by molar-refractivity contribution is 0.299. The first kappa shape index (κ1) is 11.4. The van der Waals surface area contributed by atoms with Crippen molar-refractivity contribution in [3.8, 4) is 23.8 Å². The van der Waals surface area contributed by atoms with Gasteiger partial charge in [-0.25, -0.2) is 0 Å². The molecule has 0 aromatic heterocycles. The Balaban J connectivity index is 2.88. The molecule has 15 heavy (non-hydrogen) atoms. The Morgan fingerprint density at radius 2 is 2.13 bits per heavy atom. The van der Waals surface area contributed by atoms with Gasteiger partial charge in [0.15, 0.2) is 11.5 Å². The van der Waals surface area contributed by atoms with Crippen molar-refractivity contribution in [2.75, 3.05) is 13.2 Å². The largest absolute Gasteiger partial charge is 0.490 e. The zero-order valence-corrected chi connectivity index (χ0v) is 8.82. The molecule has 0 heterocycles. The maximum Gasteiger partial charge on any atom is 0.162 e. The van der Waals surface area contributed by atoms with E-state index in [1.54, 1.807) is 0 Å². The molecule has 3 nitrogen and oxygen atoms in total. The number of hydrogen-bond acceptors (Lipinski definition) is 3. The summed E-state index contributed by atoms with van der Waals surface area (Å²) in [6, 6.07) is 5.59. The summed E-state index contributed by atoms with van der Waals surface area (Å²) in [5.41, 5.74) is 6.54. The molecular formula is C12H15NO2. The minimum absolute atomic E-state index is 0.238. The third kappa shape index (κ3) is 3.19. The van der Waals surface area contributed by atoms with Gasteiger partial charge in [-0.1, -0.05) is 12.0 Å². The highest BCUT2D eigenvalue weighted by atomic mass is 16.5. The average molecular weight is 205 g/mol. The second-order valence-electron chi connectivity index (χ2n) is 2.91. The van der Waals surface area contributed by atoms with E-state index in [2.05, 4.69) is 5.92 Å². The van der Waals surface area contributed by atoms with Gasteiger partial charge in [-0.15, -0.1) is 6.42 Å². The zero-order chi connectivity index (χ0) is 11.1. The van der Waals surface area contributed by atoms with Crippen LogP contribution in [0.5, 0.6) is 11.5 Å². The summed E-state index contributed by atoms with van der Waals surface area (Å²) in [7, 11) is 0. The smallest absolute Gasteiger partial charge is 0.162 e. The van der Waals surface area contributed by atoms with Gasteiger partial charge in [-0.3, -0.25) is 0 Å². The summed E-state index contributed by atoms with van der Waals surface area (Å²) in [5.74, 6) is 3.76. The van der Waals surface area contributed by atoms with E-state index < -0.39 is 0 Å². The second-order valence-corrected chi connectivity index (χ2v) is 2.91. The van der Waals surface area contributed by atoms with Crippen LogP contribution in [0.3, 0.4) is 0 Å². The maximum atomic E-state index is 5.54. The molecular weight excluding hydrogens is 190 g/mol. The topological polar surface area (TPSA) is 44.5 Å². The molecule has 0 saturated heterocycles. The molecule has 0 unspecified atom stereocenters. The molecule has 0 amide bonds. The second kappa shape index (κ2) is 5.94. The van der Waals surface area contributed by atoms with E-state index in [0.717, 1.165) is 5.56 Å². The van der Waals surface area contributed by atoms with Gasteiger partial charge in [-0.2, -0.15) is 0 Å². The van der Waals surface area contributed by atoms with Crippen LogP contribution in [0, 0.1) is 12.3 Å². The SMILES string of the molecule is C#CCOc1ccc(CN)cc1OCC. The number of terminal acetylenes is 1. The van der Waals surface area contributed by atoms with E-state index in [9.17, 15) is 0 Å². The van der Waals surface area contributed by atoms with Crippen LogP contribution in [0.2, 0.25) is 0 Å². The number of ether oxygens (including phenoxy) is 2. The van der Waals surface area contributed by atoms with E-state index in [1.807, 2.05) is 25.1 Å². The molecule has 0 aliphatic carbocycles. The monoisotopic (exact) mass is 205 g/mol. The molecule has 3 heteroatoms. The van der Waals surface area contributed by atoms with Gasteiger partial charge in [0.1, 0.15) is 6.61 Å². The van der Waals surface area contributed by atoms with Gasteiger partial charge in [0, 0.05) is 6.54 Å². The van der Waals surface area contributed by atoms with Gasteiger partial charge in [-0.05, 0) is 24.6 Å². The normalized spacial score (nSPS) is 9.40. The number of nitrogens with two attached hydrogens (primary N) is 1. The fraction of sp³-hybridized carbons (Fsp3) is 0.333. The van der Waals surface area contributed by atoms with Crippen molar-refractivity contribution in [2.24, 2.45) is 5.73 Å². The van der Waals surface area contributed by atoms with Crippen molar-refractivity contribution < 1.29 is 9.47 Å². The van der Waals surface area contributed by atoms with Crippen LogP contribution >= 0.6 is 0 Å². The summed E-state index contributed by atoms with van der Waals surface area (Å²) < 4.78 is 10.8. The van der Waals surface area contributed by atoms with Gasteiger partial charge in [0.25, 0.3) is 0 Å². The van der Waals surface area contributed by atoms with Crippen LogP contribution in [0.4, 0.5) is 0 Å². The first-order valence-electron chi connectivity index (χ1n) is 4.83. The van der Waals surface area contributed by atoms with Gasteiger partial charge in [0.2, 0.25) is 0 Å². The predicted octanol–water partition coefficient (Wildman–Crippen LogP) is 1.56. The Hall–Kier alpha value is -1.66. The molecule has 0 bridgehead atoms. The Bertz CT molecular complexity index is 355. The van der Waals surface area contributed by atoms with Crippen molar-refractivity contribution in [2.45, 2.75) is 13.5 Å². The lowest BCUT2D eigenvalue weighted by Gasteiger charge is -2.11. The minimum Gasteiger partial charge on any atom is -0.490 e.